The Kier molecular flexibility index (Phi) is 7.37. The largest absolute Gasteiger partial charge is 0.504 e. The number of aliphatic hydroxyl groups is 1. The summed E-state index contributed by atoms with van der Waals surface area (Å²) < 4.78 is 0. The van der Waals surface area contributed by atoms with Crippen LogP contribution in [-0.2, 0) is 20.8 Å². The SMILES string of the molecule is CC(C(=O)N1CCC1C(=O)Sc1ccccn1)N(C)C(=O)C(O)Cc1ccc(O)c(O)c1. The van der Waals surface area contributed by atoms with E-state index in [1.165, 1.54) is 30.1 Å². The van der Waals surface area contributed by atoms with Crippen molar-refractivity contribution in [2.75, 3.05) is 13.6 Å². The number of phenolic OH excluding ortho intramolecular Hbond substituents is 2. The third-order valence-electron chi connectivity index (χ3n) is 5.46. The van der Waals surface area contributed by atoms with Crippen LogP contribution in [0, 0.1) is 0 Å². The van der Waals surface area contributed by atoms with Gasteiger partial charge in [-0.3, -0.25) is 14.4 Å². The molecule has 32 heavy (non-hydrogen) atoms. The molecule has 3 unspecified atom stereocenters. The van der Waals surface area contributed by atoms with Crippen LogP contribution >= 0.6 is 11.8 Å². The van der Waals surface area contributed by atoms with Crippen LogP contribution in [0.5, 0.6) is 11.5 Å². The molecule has 0 saturated carbocycles. The van der Waals surface area contributed by atoms with Crippen molar-refractivity contribution in [2.45, 2.75) is 43.0 Å². The predicted octanol–water partition coefficient (Wildman–Crippen LogP) is 1.16. The van der Waals surface area contributed by atoms with E-state index in [0.29, 0.717) is 23.6 Å². The van der Waals surface area contributed by atoms with Gasteiger partial charge in [0, 0.05) is 26.2 Å². The number of aromatic hydroxyl groups is 2. The molecule has 0 bridgehead atoms. The molecule has 1 saturated heterocycles. The van der Waals surface area contributed by atoms with Crippen molar-refractivity contribution in [3.05, 3.63) is 48.2 Å². The van der Waals surface area contributed by atoms with Gasteiger partial charge in [-0.15, -0.1) is 0 Å². The molecule has 0 aliphatic carbocycles. The predicted molar refractivity (Wildman–Crippen MR) is 117 cm³/mol. The van der Waals surface area contributed by atoms with Crippen LogP contribution in [0.4, 0.5) is 0 Å². The first-order valence-corrected chi connectivity index (χ1v) is 10.9. The number of thioether (sulfide) groups is 1. The zero-order valence-corrected chi connectivity index (χ0v) is 18.5. The second-order valence-corrected chi connectivity index (χ2v) is 8.62. The molecule has 1 aliphatic heterocycles. The summed E-state index contributed by atoms with van der Waals surface area (Å²) in [6.45, 7) is 1.96. The standard InChI is InChI=1S/C22H25N3O6S/c1-13(24(2)21(30)18(28)12-14-6-7-16(26)17(27)11-14)20(29)25-10-8-15(25)22(31)32-19-5-3-4-9-23-19/h3-7,9,11,13,15,18,26-28H,8,10,12H2,1-2H3. The number of likely N-dealkylation sites (tertiary alicyclic amines) is 1. The molecular formula is C22H25N3O6S. The number of benzene rings is 1. The van der Waals surface area contributed by atoms with Crippen LogP contribution in [0.1, 0.15) is 18.9 Å². The van der Waals surface area contributed by atoms with Crippen molar-refractivity contribution < 1.29 is 29.7 Å². The molecule has 0 spiro atoms. The number of nitrogens with zero attached hydrogens (tertiary/aromatic N) is 3. The topological polar surface area (TPSA) is 131 Å². The highest BCUT2D eigenvalue weighted by molar-refractivity contribution is 8.13. The average molecular weight is 460 g/mol. The number of rotatable bonds is 7. The molecule has 2 heterocycles. The molecule has 170 valence electrons. The van der Waals surface area contributed by atoms with Gasteiger partial charge in [0.1, 0.15) is 23.2 Å². The lowest BCUT2D eigenvalue weighted by atomic mass is 10.0. The summed E-state index contributed by atoms with van der Waals surface area (Å²) in [6, 6.07) is 7.80. The van der Waals surface area contributed by atoms with E-state index < -0.39 is 24.1 Å². The maximum Gasteiger partial charge on any atom is 0.252 e. The third kappa shape index (κ3) is 5.20. The Morgan fingerprint density at radius 2 is 1.97 bits per heavy atom. The number of hydrogen-bond acceptors (Lipinski definition) is 8. The molecule has 0 radical (unpaired) electrons. The van der Waals surface area contributed by atoms with Crippen molar-refractivity contribution in [2.24, 2.45) is 0 Å². The summed E-state index contributed by atoms with van der Waals surface area (Å²) in [5.41, 5.74) is 0.452. The Morgan fingerprint density at radius 3 is 2.56 bits per heavy atom. The van der Waals surface area contributed by atoms with Gasteiger partial charge in [-0.05, 0) is 54.9 Å². The monoisotopic (exact) mass is 459 g/mol. The lowest BCUT2D eigenvalue weighted by Gasteiger charge is -2.42. The Labute approximate surface area is 189 Å². The van der Waals surface area contributed by atoms with Gasteiger partial charge in [0.05, 0.1) is 0 Å². The molecule has 1 fully saturated rings. The number of hydrogen-bond donors (Lipinski definition) is 3. The molecule has 1 aromatic carbocycles. The second-order valence-electron chi connectivity index (χ2n) is 7.59. The fraction of sp³-hybridized carbons (Fsp3) is 0.364. The Bertz CT molecular complexity index is 1000. The fourth-order valence-corrected chi connectivity index (χ4v) is 4.16. The summed E-state index contributed by atoms with van der Waals surface area (Å²) in [5, 5.41) is 29.6. The first kappa shape index (κ1) is 23.6. The number of aromatic nitrogens is 1. The number of carbonyl (C=O) groups excluding carboxylic acids is 3. The van der Waals surface area contributed by atoms with E-state index in [1.807, 2.05) is 0 Å². The summed E-state index contributed by atoms with van der Waals surface area (Å²) in [6.07, 6.45) is 0.602. The Morgan fingerprint density at radius 1 is 1.22 bits per heavy atom. The minimum absolute atomic E-state index is 0.0938. The van der Waals surface area contributed by atoms with Crippen molar-refractivity contribution >= 4 is 28.7 Å². The van der Waals surface area contributed by atoms with Crippen LogP contribution < -0.4 is 0 Å². The Balaban J connectivity index is 1.58. The van der Waals surface area contributed by atoms with Gasteiger partial charge in [-0.2, -0.15) is 0 Å². The van der Waals surface area contributed by atoms with E-state index in [2.05, 4.69) is 4.98 Å². The van der Waals surface area contributed by atoms with Crippen LogP contribution in [0.15, 0.2) is 47.6 Å². The highest BCUT2D eigenvalue weighted by Crippen LogP contribution is 2.28. The van der Waals surface area contributed by atoms with Crippen molar-refractivity contribution in [3.8, 4) is 11.5 Å². The number of phenols is 2. The number of pyridine rings is 1. The average Bonchev–Trinajstić information content (AvgIpc) is 2.74. The molecule has 3 N–H and O–H groups in total. The molecule has 1 aliphatic rings. The molecular weight excluding hydrogens is 434 g/mol. The lowest BCUT2D eigenvalue weighted by molar-refractivity contribution is -0.154. The lowest BCUT2D eigenvalue weighted by Crippen LogP contribution is -2.60. The third-order valence-corrected chi connectivity index (χ3v) is 6.38. The first-order valence-electron chi connectivity index (χ1n) is 10.1. The molecule has 3 rings (SSSR count). The van der Waals surface area contributed by atoms with Gasteiger partial charge >= 0.3 is 0 Å². The van der Waals surface area contributed by atoms with Gasteiger partial charge in [0.2, 0.25) is 11.0 Å². The van der Waals surface area contributed by atoms with E-state index in [1.54, 1.807) is 31.3 Å². The van der Waals surface area contributed by atoms with Gasteiger partial charge in [0.25, 0.3) is 5.91 Å². The quantitative estimate of drug-likeness (QED) is 0.415. The molecule has 1 aromatic heterocycles. The van der Waals surface area contributed by atoms with Crippen LogP contribution in [0.2, 0.25) is 0 Å². The maximum atomic E-state index is 12.9. The van der Waals surface area contributed by atoms with E-state index in [4.69, 9.17) is 0 Å². The number of amides is 2. The van der Waals surface area contributed by atoms with Gasteiger partial charge in [-0.1, -0.05) is 12.1 Å². The maximum absolute atomic E-state index is 12.9. The van der Waals surface area contributed by atoms with Crippen molar-refractivity contribution in [3.63, 3.8) is 0 Å². The molecule has 3 atom stereocenters. The smallest absolute Gasteiger partial charge is 0.252 e. The normalized spacial score (nSPS) is 17.2. The minimum Gasteiger partial charge on any atom is -0.504 e. The number of aliphatic hydroxyl groups excluding tert-OH is 1. The number of carbonyl (C=O) groups is 3. The summed E-state index contributed by atoms with van der Waals surface area (Å²) in [4.78, 5) is 44.8. The fourth-order valence-electron chi connectivity index (χ4n) is 3.31. The summed E-state index contributed by atoms with van der Waals surface area (Å²) >= 11 is 0.981. The summed E-state index contributed by atoms with van der Waals surface area (Å²) in [7, 11) is 1.42. The minimum atomic E-state index is -1.44. The van der Waals surface area contributed by atoms with Crippen LogP contribution in [0.3, 0.4) is 0 Å². The van der Waals surface area contributed by atoms with E-state index in [0.717, 1.165) is 16.7 Å². The van der Waals surface area contributed by atoms with E-state index in [9.17, 15) is 29.7 Å². The molecule has 9 nitrogen and oxygen atoms in total. The van der Waals surface area contributed by atoms with Crippen LogP contribution in [-0.4, -0.2) is 78.8 Å². The van der Waals surface area contributed by atoms with E-state index in [-0.39, 0.29) is 28.9 Å². The van der Waals surface area contributed by atoms with E-state index >= 15 is 0 Å². The summed E-state index contributed by atoms with van der Waals surface area (Å²) in [5.74, 6) is -1.69. The zero-order valence-electron chi connectivity index (χ0n) is 17.7. The highest BCUT2D eigenvalue weighted by atomic mass is 32.2. The first-order chi connectivity index (χ1) is 15.2. The highest BCUT2D eigenvalue weighted by Gasteiger charge is 2.41. The zero-order chi connectivity index (χ0) is 23.4. The van der Waals surface area contributed by atoms with Gasteiger partial charge < -0.3 is 25.1 Å². The van der Waals surface area contributed by atoms with Crippen LogP contribution in [0.25, 0.3) is 0 Å². The molecule has 10 heteroatoms. The van der Waals surface area contributed by atoms with Gasteiger partial charge in [-0.25, -0.2) is 4.98 Å². The second kappa shape index (κ2) is 10.0. The Hall–Kier alpha value is -3.11. The van der Waals surface area contributed by atoms with Gasteiger partial charge in [0.15, 0.2) is 11.5 Å². The molecule has 2 amide bonds. The molecule has 2 aromatic rings. The van der Waals surface area contributed by atoms with Crippen molar-refractivity contribution in [1.29, 1.82) is 0 Å². The number of likely N-dealkylation sites (N-methyl/N-ethyl adjacent to an activating group) is 1. The van der Waals surface area contributed by atoms with Crippen molar-refractivity contribution in [1.82, 2.24) is 14.8 Å².